The lowest BCUT2D eigenvalue weighted by atomic mass is 9.67. The lowest BCUT2D eigenvalue weighted by Gasteiger charge is -2.38. The van der Waals surface area contributed by atoms with Crippen LogP contribution >= 0.6 is 0 Å². The summed E-state index contributed by atoms with van der Waals surface area (Å²) in [5.74, 6) is 2.71. The van der Waals surface area contributed by atoms with Crippen LogP contribution in [0.4, 0.5) is 0 Å². The quantitative estimate of drug-likeness (QED) is 0.265. The number of phenolic OH excluding ortho intramolecular Hbond substituents is 2. The molecule has 0 fully saturated rings. The second-order valence-corrected chi connectivity index (χ2v) is 10.8. The monoisotopic (exact) mass is 416 g/mol. The minimum Gasteiger partial charge on any atom is -0.508 e. The van der Waals surface area contributed by atoms with E-state index in [2.05, 4.69) is 54.5 Å². The molecule has 172 valence electrons. The number of aromatic hydroxyl groups is 2. The summed E-state index contributed by atoms with van der Waals surface area (Å²) in [6, 6.07) is 1.74. The minimum absolute atomic E-state index is 0.232. The van der Waals surface area contributed by atoms with E-state index >= 15 is 0 Å². The van der Waals surface area contributed by atoms with Crippen molar-refractivity contribution in [1.82, 2.24) is 0 Å². The number of benzene rings is 1. The molecule has 0 spiro atoms. The maximum Gasteiger partial charge on any atom is 0.122 e. The molecule has 0 aliphatic heterocycles. The van der Waals surface area contributed by atoms with Gasteiger partial charge in [0.15, 0.2) is 0 Å². The fourth-order valence-corrected chi connectivity index (χ4v) is 4.25. The van der Waals surface area contributed by atoms with Crippen molar-refractivity contribution in [3.8, 4) is 11.5 Å². The van der Waals surface area contributed by atoms with Gasteiger partial charge in [-0.25, -0.2) is 0 Å². The van der Waals surface area contributed by atoms with Gasteiger partial charge in [-0.05, 0) is 86.8 Å². The average molecular weight is 417 g/mol. The van der Waals surface area contributed by atoms with Crippen LogP contribution in [-0.2, 0) is 6.42 Å². The molecule has 0 aliphatic carbocycles. The van der Waals surface area contributed by atoms with Crippen LogP contribution in [0.1, 0.15) is 104 Å². The summed E-state index contributed by atoms with van der Waals surface area (Å²) in [6.07, 6.45) is 10.4. The predicted octanol–water partition coefficient (Wildman–Crippen LogP) is 8.50. The molecule has 0 atom stereocenters. The third-order valence-corrected chi connectivity index (χ3v) is 6.98. The zero-order chi connectivity index (χ0) is 23.1. The molecule has 1 rings (SSSR count). The van der Waals surface area contributed by atoms with Crippen LogP contribution in [0, 0.1) is 37.0 Å². The van der Waals surface area contributed by atoms with Crippen LogP contribution < -0.4 is 0 Å². The van der Waals surface area contributed by atoms with Gasteiger partial charge < -0.3 is 10.2 Å². The zero-order valence-corrected chi connectivity index (χ0v) is 21.2. The highest BCUT2D eigenvalue weighted by Gasteiger charge is 2.31. The van der Waals surface area contributed by atoms with Crippen LogP contribution in [-0.4, -0.2) is 10.2 Å². The third-order valence-electron chi connectivity index (χ3n) is 6.98. The molecule has 30 heavy (non-hydrogen) atoms. The Morgan fingerprint density at radius 3 is 1.67 bits per heavy atom. The molecule has 0 saturated heterocycles. The summed E-state index contributed by atoms with van der Waals surface area (Å²) in [5.41, 5.74) is 4.05. The van der Waals surface area contributed by atoms with Crippen LogP contribution in [0.2, 0.25) is 0 Å². The maximum absolute atomic E-state index is 10.6. The normalized spacial score (nSPS) is 13.1. The first-order valence-corrected chi connectivity index (χ1v) is 12.1. The van der Waals surface area contributed by atoms with Gasteiger partial charge in [0.1, 0.15) is 11.5 Å². The molecule has 2 nitrogen and oxygen atoms in total. The molecule has 1 aromatic carbocycles. The third kappa shape index (κ3) is 7.67. The molecule has 1 aromatic rings. The molecule has 0 radical (unpaired) electrons. The standard InChI is InChI=1S/C28H48O2/c1-19(2)12-15-28(16-13-20(3)4,17-14-21(5)6)22(7)10-11-25-18-26(29)23(8)24(9)27(25)30/h10,18-21,29-30H,11-17H2,1-9H3/b22-10+. The topological polar surface area (TPSA) is 40.5 Å². The Kier molecular flexibility index (Phi) is 10.5. The van der Waals surface area contributed by atoms with E-state index in [0.29, 0.717) is 29.9 Å². The summed E-state index contributed by atoms with van der Waals surface area (Å²) in [6.45, 7) is 20.0. The van der Waals surface area contributed by atoms with Crippen molar-refractivity contribution < 1.29 is 10.2 Å². The Balaban J connectivity index is 3.27. The Labute approximate surface area is 186 Å². The van der Waals surface area contributed by atoms with Gasteiger partial charge in [-0.2, -0.15) is 0 Å². The minimum atomic E-state index is 0.232. The van der Waals surface area contributed by atoms with E-state index in [1.165, 1.54) is 44.1 Å². The molecular weight excluding hydrogens is 368 g/mol. The van der Waals surface area contributed by atoms with E-state index in [1.54, 1.807) is 6.07 Å². The van der Waals surface area contributed by atoms with Gasteiger partial charge >= 0.3 is 0 Å². The zero-order valence-electron chi connectivity index (χ0n) is 21.2. The van der Waals surface area contributed by atoms with Gasteiger partial charge in [0.2, 0.25) is 0 Å². The van der Waals surface area contributed by atoms with Crippen molar-refractivity contribution in [3.05, 3.63) is 34.4 Å². The molecule has 2 heteroatoms. The van der Waals surface area contributed by atoms with Crippen LogP contribution in [0.15, 0.2) is 17.7 Å². The van der Waals surface area contributed by atoms with E-state index in [1.807, 2.05) is 13.8 Å². The first-order chi connectivity index (χ1) is 13.9. The van der Waals surface area contributed by atoms with E-state index in [0.717, 1.165) is 16.7 Å². The number of hydrogen-bond acceptors (Lipinski definition) is 2. The molecule has 0 aliphatic rings. The molecule has 0 amide bonds. The molecule has 0 unspecified atom stereocenters. The molecule has 0 aromatic heterocycles. The second-order valence-electron chi connectivity index (χ2n) is 10.8. The van der Waals surface area contributed by atoms with Crippen molar-refractivity contribution in [2.24, 2.45) is 23.2 Å². The van der Waals surface area contributed by atoms with Crippen molar-refractivity contribution in [2.45, 2.75) is 107 Å². The average Bonchev–Trinajstić information content (AvgIpc) is 2.67. The van der Waals surface area contributed by atoms with E-state index < -0.39 is 0 Å². The van der Waals surface area contributed by atoms with E-state index in [-0.39, 0.29) is 11.2 Å². The fourth-order valence-electron chi connectivity index (χ4n) is 4.25. The number of allylic oxidation sites excluding steroid dienone is 2. The highest BCUT2D eigenvalue weighted by molar-refractivity contribution is 5.51. The summed E-state index contributed by atoms with van der Waals surface area (Å²) in [7, 11) is 0. The first kappa shape index (κ1) is 26.6. The highest BCUT2D eigenvalue weighted by Crippen LogP contribution is 2.45. The van der Waals surface area contributed by atoms with Gasteiger partial charge in [0.05, 0.1) is 0 Å². The largest absolute Gasteiger partial charge is 0.508 e. The lowest BCUT2D eigenvalue weighted by molar-refractivity contribution is 0.221. The van der Waals surface area contributed by atoms with Crippen molar-refractivity contribution in [1.29, 1.82) is 0 Å². The van der Waals surface area contributed by atoms with Gasteiger partial charge in [-0.3, -0.25) is 0 Å². The van der Waals surface area contributed by atoms with Gasteiger partial charge in [-0.1, -0.05) is 72.5 Å². The fraction of sp³-hybridized carbons (Fsp3) is 0.714. The summed E-state index contributed by atoms with van der Waals surface area (Å²) < 4.78 is 0. The van der Waals surface area contributed by atoms with E-state index in [4.69, 9.17) is 0 Å². The molecule has 0 heterocycles. The Bertz CT molecular complexity index is 664. The maximum atomic E-state index is 10.6. The Morgan fingerprint density at radius 2 is 1.27 bits per heavy atom. The molecular formula is C28H48O2. The summed E-state index contributed by atoms with van der Waals surface area (Å²) >= 11 is 0. The van der Waals surface area contributed by atoms with Gasteiger partial charge in [0.25, 0.3) is 0 Å². The van der Waals surface area contributed by atoms with Crippen molar-refractivity contribution >= 4 is 0 Å². The molecule has 0 bridgehead atoms. The van der Waals surface area contributed by atoms with Crippen molar-refractivity contribution in [2.75, 3.05) is 0 Å². The van der Waals surface area contributed by atoms with Crippen LogP contribution in [0.5, 0.6) is 11.5 Å². The lowest BCUT2D eigenvalue weighted by Crippen LogP contribution is -2.25. The number of hydrogen-bond donors (Lipinski definition) is 2. The second kappa shape index (κ2) is 11.8. The van der Waals surface area contributed by atoms with Gasteiger partial charge in [-0.15, -0.1) is 0 Å². The predicted molar refractivity (Wildman–Crippen MR) is 131 cm³/mol. The smallest absolute Gasteiger partial charge is 0.122 e. The number of rotatable bonds is 12. The van der Waals surface area contributed by atoms with E-state index in [9.17, 15) is 10.2 Å². The summed E-state index contributed by atoms with van der Waals surface area (Å²) in [5, 5.41) is 20.8. The molecule has 2 N–H and O–H groups in total. The molecule has 0 saturated carbocycles. The van der Waals surface area contributed by atoms with Gasteiger partial charge in [0, 0.05) is 5.56 Å². The van der Waals surface area contributed by atoms with Crippen LogP contribution in [0.3, 0.4) is 0 Å². The first-order valence-electron chi connectivity index (χ1n) is 12.1. The Hall–Kier alpha value is -1.44. The summed E-state index contributed by atoms with van der Waals surface area (Å²) in [4.78, 5) is 0. The number of phenols is 2. The SMILES string of the molecule is C/C(=C\Cc1cc(O)c(C)c(C)c1O)C(CCC(C)C)(CCC(C)C)CCC(C)C. The van der Waals surface area contributed by atoms with Crippen LogP contribution in [0.25, 0.3) is 0 Å². The highest BCUT2D eigenvalue weighted by atomic mass is 16.3. The Morgan fingerprint density at radius 1 is 0.833 bits per heavy atom. The van der Waals surface area contributed by atoms with Crippen molar-refractivity contribution in [3.63, 3.8) is 0 Å².